The van der Waals surface area contributed by atoms with E-state index in [-0.39, 0.29) is 5.02 Å². The summed E-state index contributed by atoms with van der Waals surface area (Å²) < 4.78 is 14.3. The summed E-state index contributed by atoms with van der Waals surface area (Å²) in [6, 6.07) is 12.0. The lowest BCUT2D eigenvalue weighted by atomic mass is 9.78. The van der Waals surface area contributed by atoms with E-state index >= 15 is 0 Å². The van der Waals surface area contributed by atoms with Crippen LogP contribution in [0.1, 0.15) is 70.2 Å². The number of aromatic nitrogens is 8. The van der Waals surface area contributed by atoms with E-state index in [1.807, 2.05) is 12.3 Å². The summed E-state index contributed by atoms with van der Waals surface area (Å²) in [7, 11) is 0. The van der Waals surface area contributed by atoms with Crippen molar-refractivity contribution in [2.75, 3.05) is 36.0 Å². The van der Waals surface area contributed by atoms with Crippen molar-refractivity contribution in [3.05, 3.63) is 71.3 Å². The van der Waals surface area contributed by atoms with Crippen LogP contribution in [-0.4, -0.2) is 72.4 Å². The fourth-order valence-electron chi connectivity index (χ4n) is 6.76. The van der Waals surface area contributed by atoms with Gasteiger partial charge in [0.15, 0.2) is 5.82 Å². The normalized spacial score (nSPS) is 16.9. The van der Waals surface area contributed by atoms with Crippen LogP contribution in [0.3, 0.4) is 0 Å². The molecular formula is C38H43ClFN11O. The minimum atomic E-state index is -0.487. The van der Waals surface area contributed by atoms with Crippen molar-refractivity contribution < 1.29 is 9.18 Å². The highest BCUT2D eigenvalue weighted by atomic mass is 35.5. The van der Waals surface area contributed by atoms with Gasteiger partial charge in [0.05, 0.1) is 28.8 Å². The van der Waals surface area contributed by atoms with Gasteiger partial charge < -0.3 is 15.5 Å². The quantitative estimate of drug-likeness (QED) is 0.158. The maximum atomic E-state index is 14.3. The number of nitrogens with two attached hydrogens (primary N) is 1. The molecule has 12 nitrogen and oxygen atoms in total. The Labute approximate surface area is 306 Å². The van der Waals surface area contributed by atoms with Crippen LogP contribution in [0.25, 0.3) is 44.8 Å². The Hall–Kier alpha value is -5.17. The van der Waals surface area contributed by atoms with Gasteiger partial charge in [0.1, 0.15) is 22.7 Å². The number of halogens is 2. The van der Waals surface area contributed by atoms with E-state index < -0.39 is 11.7 Å². The predicted molar refractivity (Wildman–Crippen MR) is 203 cm³/mol. The Bertz CT molecular complexity index is 2230. The van der Waals surface area contributed by atoms with Crippen LogP contribution in [-0.2, 0) is 0 Å². The molecule has 0 bridgehead atoms. The van der Waals surface area contributed by atoms with E-state index in [9.17, 15) is 9.18 Å². The molecule has 2 aliphatic heterocycles. The molecule has 270 valence electrons. The summed E-state index contributed by atoms with van der Waals surface area (Å²) in [5, 5.41) is 14.5. The molecule has 0 unspecified atom stereocenters. The van der Waals surface area contributed by atoms with Gasteiger partial charge in [-0.25, -0.2) is 24.3 Å². The van der Waals surface area contributed by atoms with Crippen LogP contribution in [0, 0.1) is 16.6 Å². The Morgan fingerprint density at radius 2 is 1.40 bits per heavy atom. The van der Waals surface area contributed by atoms with Gasteiger partial charge in [0, 0.05) is 42.9 Å². The zero-order valence-corrected chi connectivity index (χ0v) is 30.6. The number of piperidine rings is 2. The first-order chi connectivity index (χ1) is 24.9. The van der Waals surface area contributed by atoms with Gasteiger partial charge in [-0.15, -0.1) is 0 Å². The van der Waals surface area contributed by atoms with Crippen molar-refractivity contribution in [2.45, 2.75) is 59.8 Å². The monoisotopic (exact) mass is 723 g/mol. The second kappa shape index (κ2) is 14.1. The first kappa shape index (κ1) is 35.2. The standard InChI is InChI=1S/C20H24N6O.C18H19ClFN5/c1-3-20(2)7-9-26(10-8-20)15-12-22-17-16(24-25-19(17)23-15)13-5-4-6-14(11-13)18(21)27;1-18(2)6-8-25(9-7-18)13-10-21-16-15(23-24-17(16)22-13)11-4-3-5-12(19)14(11)20/h4-6,11-12H,3,7-10H2,1-2H3,(H2,21,27)(H,23,24,25);3-5,10H,6-9H2,1-2H3,(H,22,23,24). The molecule has 2 saturated heterocycles. The molecule has 6 aromatic rings. The third-order valence-electron chi connectivity index (χ3n) is 10.7. The summed E-state index contributed by atoms with van der Waals surface area (Å²) in [6.07, 6.45) is 9.32. The highest BCUT2D eigenvalue weighted by molar-refractivity contribution is 6.31. The van der Waals surface area contributed by atoms with Crippen molar-refractivity contribution >= 4 is 51.5 Å². The van der Waals surface area contributed by atoms with Crippen LogP contribution in [0.2, 0.25) is 5.02 Å². The van der Waals surface area contributed by atoms with Crippen molar-refractivity contribution in [1.82, 2.24) is 40.3 Å². The van der Waals surface area contributed by atoms with E-state index in [2.05, 4.69) is 72.8 Å². The zero-order chi connectivity index (χ0) is 36.6. The lowest BCUT2D eigenvalue weighted by Gasteiger charge is -2.39. The van der Waals surface area contributed by atoms with Gasteiger partial charge in [-0.2, -0.15) is 10.2 Å². The molecule has 2 aromatic carbocycles. The number of hydrogen-bond acceptors (Lipinski definition) is 9. The Morgan fingerprint density at radius 1 is 0.846 bits per heavy atom. The molecule has 0 saturated carbocycles. The summed E-state index contributed by atoms with van der Waals surface area (Å²) >= 11 is 5.88. The number of benzene rings is 2. The number of primary amides is 1. The van der Waals surface area contributed by atoms with Crippen molar-refractivity contribution in [1.29, 1.82) is 0 Å². The summed E-state index contributed by atoms with van der Waals surface area (Å²) in [4.78, 5) is 34.4. The molecule has 4 N–H and O–H groups in total. The second-order valence-corrected chi connectivity index (χ2v) is 15.3. The molecule has 0 aliphatic carbocycles. The molecule has 0 atom stereocenters. The molecule has 0 radical (unpaired) electrons. The van der Waals surface area contributed by atoms with Crippen LogP contribution >= 0.6 is 11.6 Å². The number of aromatic amines is 2. The van der Waals surface area contributed by atoms with E-state index in [1.54, 1.807) is 36.5 Å². The number of rotatable bonds is 6. The van der Waals surface area contributed by atoms with E-state index in [1.165, 1.54) is 12.5 Å². The fourth-order valence-corrected chi connectivity index (χ4v) is 6.94. The molecule has 1 amide bonds. The van der Waals surface area contributed by atoms with Gasteiger partial charge in [-0.1, -0.05) is 63.9 Å². The minimum Gasteiger partial charge on any atom is -0.366 e. The first-order valence-electron chi connectivity index (χ1n) is 17.7. The SMILES string of the molecule is CC1(C)CCN(c2cnc3c(-c4cccc(Cl)c4F)[nH]nc3n2)CC1.CCC1(C)CCN(c2cnc3c(-c4cccc(C(N)=O)c4)[nH]nc3n2)CC1. The Balaban J connectivity index is 0.000000162. The van der Waals surface area contributed by atoms with Crippen LogP contribution in [0.4, 0.5) is 16.0 Å². The molecule has 6 heterocycles. The third kappa shape index (κ3) is 7.14. The molecule has 0 spiro atoms. The van der Waals surface area contributed by atoms with Gasteiger partial charge in [0.25, 0.3) is 0 Å². The first-order valence-corrected chi connectivity index (χ1v) is 18.1. The number of carbonyl (C=O) groups is 1. The number of fused-ring (bicyclic) bond motifs is 2. The molecule has 2 aliphatic rings. The van der Waals surface area contributed by atoms with E-state index in [0.29, 0.717) is 50.0 Å². The molecule has 4 aromatic heterocycles. The molecule has 2 fully saturated rings. The highest BCUT2D eigenvalue weighted by Gasteiger charge is 2.30. The largest absolute Gasteiger partial charge is 0.366 e. The molecule has 52 heavy (non-hydrogen) atoms. The van der Waals surface area contributed by atoms with Crippen LogP contribution < -0.4 is 15.5 Å². The lowest BCUT2D eigenvalue weighted by molar-refractivity contribution is 0.100. The fraction of sp³-hybridized carbons (Fsp3) is 0.395. The summed E-state index contributed by atoms with van der Waals surface area (Å²) in [5.74, 6) is 0.731. The van der Waals surface area contributed by atoms with Gasteiger partial charge >= 0.3 is 0 Å². The smallest absolute Gasteiger partial charge is 0.248 e. The van der Waals surface area contributed by atoms with E-state index in [0.717, 1.165) is 74.8 Å². The Morgan fingerprint density at radius 3 is 2.00 bits per heavy atom. The van der Waals surface area contributed by atoms with Crippen LogP contribution in [0.15, 0.2) is 54.9 Å². The highest BCUT2D eigenvalue weighted by Crippen LogP contribution is 2.36. The molecule has 14 heteroatoms. The zero-order valence-electron chi connectivity index (χ0n) is 29.9. The number of anilines is 2. The Kier molecular flexibility index (Phi) is 9.55. The van der Waals surface area contributed by atoms with Crippen LogP contribution in [0.5, 0.6) is 0 Å². The summed E-state index contributed by atoms with van der Waals surface area (Å²) in [5.41, 5.74) is 11.3. The number of carbonyl (C=O) groups excluding carboxylic acids is 1. The number of H-pyrrole nitrogens is 2. The van der Waals surface area contributed by atoms with Crippen molar-refractivity contribution in [3.8, 4) is 22.5 Å². The van der Waals surface area contributed by atoms with Gasteiger partial charge in [-0.05, 0) is 60.8 Å². The predicted octanol–water partition coefficient (Wildman–Crippen LogP) is 7.57. The maximum absolute atomic E-state index is 14.3. The van der Waals surface area contributed by atoms with Gasteiger partial charge in [-0.3, -0.25) is 15.0 Å². The minimum absolute atomic E-state index is 0.0701. The average molecular weight is 724 g/mol. The van der Waals surface area contributed by atoms with Crippen molar-refractivity contribution in [3.63, 3.8) is 0 Å². The number of hydrogen-bond donors (Lipinski definition) is 3. The van der Waals surface area contributed by atoms with Crippen molar-refractivity contribution in [2.24, 2.45) is 16.6 Å². The van der Waals surface area contributed by atoms with E-state index in [4.69, 9.17) is 22.3 Å². The third-order valence-corrected chi connectivity index (χ3v) is 11.0. The second-order valence-electron chi connectivity index (χ2n) is 14.8. The number of nitrogens with one attached hydrogen (secondary N) is 2. The number of nitrogens with zero attached hydrogens (tertiary/aromatic N) is 8. The molecular weight excluding hydrogens is 681 g/mol. The topological polar surface area (TPSA) is 158 Å². The number of amides is 1. The average Bonchev–Trinajstić information content (AvgIpc) is 3.77. The lowest BCUT2D eigenvalue weighted by Crippen LogP contribution is -2.38. The molecule has 8 rings (SSSR count). The maximum Gasteiger partial charge on any atom is 0.248 e. The van der Waals surface area contributed by atoms with Gasteiger partial charge in [0.2, 0.25) is 17.2 Å². The summed E-state index contributed by atoms with van der Waals surface area (Å²) in [6.45, 7) is 13.1.